The molecule has 3 rings (SSSR count). The maximum Gasteiger partial charge on any atom is 0.332 e. The summed E-state index contributed by atoms with van der Waals surface area (Å²) in [5.41, 5.74) is -0.685. The van der Waals surface area contributed by atoms with Gasteiger partial charge in [0.25, 0.3) is 11.5 Å². The number of hydrogen-bond donors (Lipinski definition) is 1. The van der Waals surface area contributed by atoms with E-state index in [1.807, 2.05) is 0 Å². The smallest absolute Gasteiger partial charge is 0.332 e. The van der Waals surface area contributed by atoms with Crippen molar-refractivity contribution in [2.45, 2.75) is 13.0 Å². The van der Waals surface area contributed by atoms with Gasteiger partial charge < -0.3 is 9.88 Å². The van der Waals surface area contributed by atoms with Crippen LogP contribution in [0.15, 0.2) is 15.9 Å². The molecular weight excluding hydrogens is 304 g/mol. The van der Waals surface area contributed by atoms with Crippen LogP contribution in [0, 0.1) is 0 Å². The Labute approximate surface area is 129 Å². The standard InChI is InChI=1S/C13H16N6O4/c1-7(10(20)18-5-4-14-12(18)22)19-6-15-9-8(19)11(21)17(3)13(23)16(9)2/h6-7H,4-5H2,1-3H3,(H,14,22). The number of urea groups is 1. The molecule has 1 aliphatic rings. The van der Waals surface area contributed by atoms with Crippen molar-refractivity contribution in [2.24, 2.45) is 14.1 Å². The van der Waals surface area contributed by atoms with Crippen LogP contribution in [0.2, 0.25) is 0 Å². The van der Waals surface area contributed by atoms with Gasteiger partial charge in [-0.2, -0.15) is 0 Å². The van der Waals surface area contributed by atoms with E-state index in [0.717, 1.165) is 9.47 Å². The van der Waals surface area contributed by atoms with E-state index in [1.54, 1.807) is 6.92 Å². The van der Waals surface area contributed by atoms with E-state index in [4.69, 9.17) is 0 Å². The van der Waals surface area contributed by atoms with Gasteiger partial charge in [0, 0.05) is 27.2 Å². The van der Waals surface area contributed by atoms with E-state index in [9.17, 15) is 19.2 Å². The number of imide groups is 1. The van der Waals surface area contributed by atoms with Crippen LogP contribution in [0.3, 0.4) is 0 Å². The molecule has 1 saturated heterocycles. The predicted octanol–water partition coefficient (Wildman–Crippen LogP) is -1.45. The number of amides is 3. The Hall–Kier alpha value is -2.91. The van der Waals surface area contributed by atoms with Crippen LogP contribution in [0.25, 0.3) is 11.2 Å². The molecule has 10 nitrogen and oxygen atoms in total. The van der Waals surface area contributed by atoms with Gasteiger partial charge in [-0.25, -0.2) is 14.6 Å². The van der Waals surface area contributed by atoms with Gasteiger partial charge in [0.1, 0.15) is 6.04 Å². The van der Waals surface area contributed by atoms with Gasteiger partial charge >= 0.3 is 11.7 Å². The molecule has 1 fully saturated rings. The maximum atomic E-state index is 12.5. The summed E-state index contributed by atoms with van der Waals surface area (Å²) in [7, 11) is 2.86. The summed E-state index contributed by atoms with van der Waals surface area (Å²) in [6.07, 6.45) is 1.34. The van der Waals surface area contributed by atoms with Gasteiger partial charge in [-0.05, 0) is 6.92 Å². The minimum absolute atomic E-state index is 0.148. The normalized spacial score (nSPS) is 16.0. The van der Waals surface area contributed by atoms with E-state index in [0.29, 0.717) is 6.54 Å². The molecule has 0 spiro atoms. The number of carbonyl (C=O) groups excluding carboxylic acids is 2. The second-order valence-corrected chi connectivity index (χ2v) is 5.43. The predicted molar refractivity (Wildman–Crippen MR) is 80.0 cm³/mol. The summed E-state index contributed by atoms with van der Waals surface area (Å²) < 4.78 is 3.60. The van der Waals surface area contributed by atoms with Crippen molar-refractivity contribution in [3.63, 3.8) is 0 Å². The summed E-state index contributed by atoms with van der Waals surface area (Å²) in [6, 6.07) is -1.25. The van der Waals surface area contributed by atoms with Crippen LogP contribution in [0.1, 0.15) is 13.0 Å². The highest BCUT2D eigenvalue weighted by molar-refractivity contribution is 5.97. The average Bonchev–Trinajstić information content (AvgIpc) is 3.15. The molecule has 0 saturated carbocycles. The lowest BCUT2D eigenvalue weighted by molar-refractivity contribution is -0.130. The third-order valence-corrected chi connectivity index (χ3v) is 4.07. The van der Waals surface area contributed by atoms with Crippen molar-refractivity contribution in [2.75, 3.05) is 13.1 Å². The fourth-order valence-electron chi connectivity index (χ4n) is 2.68. The third-order valence-electron chi connectivity index (χ3n) is 4.07. The number of nitrogens with zero attached hydrogens (tertiary/aromatic N) is 5. The van der Waals surface area contributed by atoms with Crippen LogP contribution < -0.4 is 16.6 Å². The Balaban J connectivity index is 2.14. The van der Waals surface area contributed by atoms with E-state index in [1.165, 1.54) is 29.6 Å². The highest BCUT2D eigenvalue weighted by atomic mass is 16.2. The van der Waals surface area contributed by atoms with Crippen molar-refractivity contribution in [3.05, 3.63) is 27.2 Å². The van der Waals surface area contributed by atoms with Crippen molar-refractivity contribution < 1.29 is 9.59 Å². The average molecular weight is 320 g/mol. The number of rotatable bonds is 2. The van der Waals surface area contributed by atoms with E-state index >= 15 is 0 Å². The fourth-order valence-corrected chi connectivity index (χ4v) is 2.68. The molecule has 1 aliphatic heterocycles. The Bertz CT molecular complexity index is 936. The molecule has 0 radical (unpaired) electrons. The molecule has 2 aromatic heterocycles. The summed E-state index contributed by atoms with van der Waals surface area (Å²) in [4.78, 5) is 53.6. The fraction of sp³-hybridized carbons (Fsp3) is 0.462. The molecule has 3 heterocycles. The molecule has 10 heteroatoms. The third kappa shape index (κ3) is 2.05. The van der Waals surface area contributed by atoms with Crippen LogP contribution in [0.4, 0.5) is 4.79 Å². The Morgan fingerprint density at radius 2 is 1.96 bits per heavy atom. The van der Waals surface area contributed by atoms with Crippen molar-refractivity contribution in [1.82, 2.24) is 28.9 Å². The maximum absolute atomic E-state index is 12.5. The van der Waals surface area contributed by atoms with E-state index < -0.39 is 29.2 Å². The lowest BCUT2D eigenvalue weighted by atomic mass is 10.3. The summed E-state index contributed by atoms with van der Waals surface area (Å²) in [6.45, 7) is 2.27. The number of nitrogens with one attached hydrogen (secondary N) is 1. The molecular formula is C13H16N6O4. The zero-order chi connectivity index (χ0) is 16.9. The largest absolute Gasteiger partial charge is 0.336 e. The first-order valence-corrected chi connectivity index (χ1v) is 7.06. The van der Waals surface area contributed by atoms with Crippen LogP contribution >= 0.6 is 0 Å². The van der Waals surface area contributed by atoms with Gasteiger partial charge in [-0.1, -0.05) is 0 Å². The zero-order valence-corrected chi connectivity index (χ0v) is 12.9. The molecule has 0 bridgehead atoms. The summed E-state index contributed by atoms with van der Waals surface area (Å²) >= 11 is 0. The van der Waals surface area contributed by atoms with Crippen molar-refractivity contribution in [3.8, 4) is 0 Å². The van der Waals surface area contributed by atoms with Gasteiger partial charge in [0.15, 0.2) is 11.2 Å². The summed E-state index contributed by atoms with van der Waals surface area (Å²) in [5.74, 6) is -0.435. The molecule has 1 atom stereocenters. The first-order chi connectivity index (χ1) is 10.8. The number of carbonyl (C=O) groups is 2. The highest BCUT2D eigenvalue weighted by Gasteiger charge is 2.31. The minimum Gasteiger partial charge on any atom is -0.336 e. The highest BCUT2D eigenvalue weighted by Crippen LogP contribution is 2.16. The molecule has 1 unspecified atom stereocenters. The second kappa shape index (κ2) is 5.07. The van der Waals surface area contributed by atoms with Gasteiger partial charge in [0.05, 0.1) is 6.33 Å². The zero-order valence-electron chi connectivity index (χ0n) is 12.9. The molecule has 2 aromatic rings. The Kier molecular flexibility index (Phi) is 3.31. The van der Waals surface area contributed by atoms with Crippen LogP contribution in [-0.4, -0.2) is 48.6 Å². The molecule has 122 valence electrons. The molecule has 1 N–H and O–H groups in total. The topological polar surface area (TPSA) is 111 Å². The van der Waals surface area contributed by atoms with Crippen LogP contribution in [0.5, 0.6) is 0 Å². The molecule has 0 aromatic carbocycles. The van der Waals surface area contributed by atoms with Gasteiger partial charge in [0.2, 0.25) is 0 Å². The number of aryl methyl sites for hydroxylation is 1. The summed E-state index contributed by atoms with van der Waals surface area (Å²) in [5, 5.41) is 2.55. The van der Waals surface area contributed by atoms with Crippen LogP contribution in [-0.2, 0) is 18.9 Å². The first kappa shape index (κ1) is 15.0. The van der Waals surface area contributed by atoms with Crippen molar-refractivity contribution in [1.29, 1.82) is 0 Å². The minimum atomic E-state index is -0.797. The SMILES string of the molecule is CC(C(=O)N1CCNC1=O)n1cnc2c1c(=O)n(C)c(=O)n2C. The lowest BCUT2D eigenvalue weighted by Crippen LogP contribution is -2.40. The quantitative estimate of drug-likeness (QED) is 0.727. The first-order valence-electron chi connectivity index (χ1n) is 7.06. The number of aromatic nitrogens is 4. The van der Waals surface area contributed by atoms with Crippen molar-refractivity contribution >= 4 is 23.1 Å². The van der Waals surface area contributed by atoms with Gasteiger partial charge in [-0.3, -0.25) is 23.6 Å². The van der Waals surface area contributed by atoms with E-state index in [-0.39, 0.29) is 17.7 Å². The number of imidazole rings is 1. The number of fused-ring (bicyclic) bond motifs is 1. The Morgan fingerprint density at radius 1 is 1.26 bits per heavy atom. The molecule has 23 heavy (non-hydrogen) atoms. The van der Waals surface area contributed by atoms with Gasteiger partial charge in [-0.15, -0.1) is 0 Å². The second-order valence-electron chi connectivity index (χ2n) is 5.43. The van der Waals surface area contributed by atoms with E-state index in [2.05, 4.69) is 10.3 Å². The number of hydrogen-bond acceptors (Lipinski definition) is 5. The molecule has 0 aliphatic carbocycles. The molecule has 3 amide bonds. The lowest BCUT2D eigenvalue weighted by Gasteiger charge is -2.19. The Morgan fingerprint density at radius 3 is 2.57 bits per heavy atom. The monoisotopic (exact) mass is 320 g/mol.